The highest BCUT2D eigenvalue weighted by molar-refractivity contribution is 7.10. The summed E-state index contributed by atoms with van der Waals surface area (Å²) < 4.78 is 10.5. The van der Waals surface area contributed by atoms with Gasteiger partial charge in [0, 0.05) is 23.7 Å². The van der Waals surface area contributed by atoms with E-state index in [2.05, 4.69) is 0 Å². The third-order valence-corrected chi connectivity index (χ3v) is 5.91. The molecular formula is C20H22O4S. The highest BCUT2D eigenvalue weighted by atomic mass is 32.1. The lowest BCUT2D eigenvalue weighted by atomic mass is 9.71. The van der Waals surface area contributed by atoms with Gasteiger partial charge in [-0.2, -0.15) is 0 Å². The number of Topliss-reactive ketones (excluding diaryl/α,β-unsaturated/α-hetero) is 1. The molecule has 1 aliphatic heterocycles. The number of esters is 1. The summed E-state index contributed by atoms with van der Waals surface area (Å²) in [5, 5.41) is 1.97. The first kappa shape index (κ1) is 17.8. The van der Waals surface area contributed by atoms with Crippen molar-refractivity contribution in [1.29, 1.82) is 0 Å². The maximum Gasteiger partial charge on any atom is 0.312 e. The average Bonchev–Trinajstić information content (AvgIpc) is 3.21. The molecular weight excluding hydrogens is 336 g/mol. The van der Waals surface area contributed by atoms with Gasteiger partial charge in [-0.1, -0.05) is 36.4 Å². The summed E-state index contributed by atoms with van der Waals surface area (Å²) in [6, 6.07) is 13.2. The van der Waals surface area contributed by atoms with E-state index in [1.54, 1.807) is 11.3 Å². The quantitative estimate of drug-likeness (QED) is 0.577. The predicted octanol–water partition coefficient (Wildman–Crippen LogP) is 4.07. The van der Waals surface area contributed by atoms with Crippen LogP contribution < -0.4 is 0 Å². The molecule has 2 aromatic rings. The van der Waals surface area contributed by atoms with E-state index >= 15 is 0 Å². The minimum absolute atomic E-state index is 0.0535. The van der Waals surface area contributed by atoms with Crippen molar-refractivity contribution in [3.8, 4) is 0 Å². The molecule has 1 aromatic heterocycles. The van der Waals surface area contributed by atoms with Gasteiger partial charge in [-0.05, 0) is 30.7 Å². The Morgan fingerprint density at radius 2 is 1.88 bits per heavy atom. The van der Waals surface area contributed by atoms with Crippen molar-refractivity contribution in [1.82, 2.24) is 0 Å². The molecule has 132 valence electrons. The topological polar surface area (TPSA) is 52.6 Å². The SMILES string of the molecule is COC(=O)C1(CC(C(=O)c2ccccc2)c2cccs2)CCOCC1. The van der Waals surface area contributed by atoms with Gasteiger partial charge in [0.1, 0.15) is 0 Å². The van der Waals surface area contributed by atoms with Gasteiger partial charge in [-0.3, -0.25) is 9.59 Å². The van der Waals surface area contributed by atoms with E-state index in [4.69, 9.17) is 9.47 Å². The highest BCUT2D eigenvalue weighted by Gasteiger charge is 2.44. The Bertz CT molecular complexity index is 703. The van der Waals surface area contributed by atoms with E-state index in [0.717, 1.165) is 4.88 Å². The maximum absolute atomic E-state index is 13.2. The van der Waals surface area contributed by atoms with Crippen LogP contribution in [0, 0.1) is 5.41 Å². The molecule has 25 heavy (non-hydrogen) atoms. The number of hydrogen-bond donors (Lipinski definition) is 0. The van der Waals surface area contributed by atoms with Crippen molar-refractivity contribution < 1.29 is 19.1 Å². The highest BCUT2D eigenvalue weighted by Crippen LogP contribution is 2.43. The van der Waals surface area contributed by atoms with Crippen molar-refractivity contribution in [2.45, 2.75) is 25.2 Å². The number of ketones is 1. The Balaban J connectivity index is 1.94. The van der Waals surface area contributed by atoms with E-state index in [1.807, 2.05) is 47.8 Å². The number of benzene rings is 1. The second-order valence-corrected chi connectivity index (χ2v) is 7.37. The van der Waals surface area contributed by atoms with Crippen LogP contribution in [0.4, 0.5) is 0 Å². The normalized spacial score (nSPS) is 17.6. The molecule has 1 atom stereocenters. The third kappa shape index (κ3) is 3.83. The number of thiophene rings is 1. The Labute approximate surface area is 151 Å². The van der Waals surface area contributed by atoms with Crippen molar-refractivity contribution in [3.63, 3.8) is 0 Å². The molecule has 0 spiro atoms. The van der Waals surface area contributed by atoms with Gasteiger partial charge < -0.3 is 9.47 Å². The van der Waals surface area contributed by atoms with E-state index in [9.17, 15) is 9.59 Å². The Hall–Kier alpha value is -1.98. The summed E-state index contributed by atoms with van der Waals surface area (Å²) in [6.45, 7) is 1.04. The van der Waals surface area contributed by atoms with Gasteiger partial charge in [-0.15, -0.1) is 11.3 Å². The maximum atomic E-state index is 13.2. The van der Waals surface area contributed by atoms with Gasteiger partial charge >= 0.3 is 5.97 Å². The summed E-state index contributed by atoms with van der Waals surface area (Å²) in [5.41, 5.74) is 0.0134. The summed E-state index contributed by atoms with van der Waals surface area (Å²) >= 11 is 1.56. The zero-order valence-electron chi connectivity index (χ0n) is 14.3. The van der Waals surface area contributed by atoms with Crippen molar-refractivity contribution in [2.24, 2.45) is 5.41 Å². The number of carbonyl (C=O) groups is 2. The zero-order chi connectivity index (χ0) is 17.7. The molecule has 1 fully saturated rings. The van der Waals surface area contributed by atoms with Crippen LogP contribution in [-0.4, -0.2) is 32.1 Å². The number of ether oxygens (including phenoxy) is 2. The molecule has 0 N–H and O–H groups in total. The molecule has 0 saturated carbocycles. The molecule has 5 heteroatoms. The van der Waals surface area contributed by atoms with Crippen LogP contribution in [-0.2, 0) is 14.3 Å². The fourth-order valence-electron chi connectivity index (χ4n) is 3.48. The van der Waals surface area contributed by atoms with Gasteiger partial charge in [0.15, 0.2) is 5.78 Å². The van der Waals surface area contributed by atoms with E-state index in [-0.39, 0.29) is 17.7 Å². The number of methoxy groups -OCH3 is 1. The summed E-state index contributed by atoms with van der Waals surface area (Å²) in [5.74, 6) is -0.532. The lowest BCUT2D eigenvalue weighted by molar-refractivity contribution is -0.159. The standard InChI is InChI=1S/C20H22O4S/c1-23-19(22)20(9-11-24-12-10-20)14-16(17-8-5-13-25-17)18(21)15-6-3-2-4-7-15/h2-8,13,16H,9-12,14H2,1H3. The molecule has 3 rings (SSSR count). The Morgan fingerprint density at radius 1 is 1.16 bits per heavy atom. The molecule has 1 aliphatic rings. The Kier molecular flexibility index (Phi) is 5.66. The van der Waals surface area contributed by atoms with Crippen molar-refractivity contribution in [3.05, 3.63) is 58.3 Å². The molecule has 1 saturated heterocycles. The van der Waals surface area contributed by atoms with E-state index in [0.29, 0.717) is 38.0 Å². The number of hydrogen-bond acceptors (Lipinski definition) is 5. The fourth-order valence-corrected chi connectivity index (χ4v) is 4.30. The van der Waals surface area contributed by atoms with Crippen molar-refractivity contribution >= 4 is 23.1 Å². The first-order chi connectivity index (χ1) is 12.2. The molecule has 0 aliphatic carbocycles. The second kappa shape index (κ2) is 7.93. The lowest BCUT2D eigenvalue weighted by Crippen LogP contribution is -2.40. The first-order valence-corrected chi connectivity index (χ1v) is 9.33. The molecule has 1 unspecified atom stereocenters. The monoisotopic (exact) mass is 358 g/mol. The fraction of sp³-hybridized carbons (Fsp3) is 0.400. The van der Waals surface area contributed by atoms with Crippen LogP contribution in [0.2, 0.25) is 0 Å². The van der Waals surface area contributed by atoms with Crippen molar-refractivity contribution in [2.75, 3.05) is 20.3 Å². The molecule has 0 bridgehead atoms. The predicted molar refractivity (Wildman–Crippen MR) is 97.0 cm³/mol. The van der Waals surface area contributed by atoms with E-state index in [1.165, 1.54) is 7.11 Å². The summed E-state index contributed by atoms with van der Waals surface area (Å²) in [6.07, 6.45) is 1.63. The average molecular weight is 358 g/mol. The molecule has 1 aromatic carbocycles. The van der Waals surface area contributed by atoms with Crippen LogP contribution in [0.1, 0.15) is 40.4 Å². The number of rotatable bonds is 6. The first-order valence-electron chi connectivity index (χ1n) is 8.45. The molecule has 2 heterocycles. The minimum Gasteiger partial charge on any atom is -0.469 e. The number of carbonyl (C=O) groups excluding carboxylic acids is 2. The largest absolute Gasteiger partial charge is 0.469 e. The van der Waals surface area contributed by atoms with Crippen LogP contribution >= 0.6 is 11.3 Å². The minimum atomic E-state index is -0.661. The third-order valence-electron chi connectivity index (χ3n) is 4.92. The molecule has 0 radical (unpaired) electrons. The van der Waals surface area contributed by atoms with Gasteiger partial charge in [-0.25, -0.2) is 0 Å². The van der Waals surface area contributed by atoms with Gasteiger partial charge in [0.2, 0.25) is 0 Å². The molecule has 0 amide bonds. The van der Waals surface area contributed by atoms with Gasteiger partial charge in [0.05, 0.1) is 18.4 Å². The summed E-state index contributed by atoms with van der Waals surface area (Å²) in [4.78, 5) is 26.8. The molecule has 4 nitrogen and oxygen atoms in total. The lowest BCUT2D eigenvalue weighted by Gasteiger charge is -2.36. The smallest absolute Gasteiger partial charge is 0.312 e. The van der Waals surface area contributed by atoms with E-state index < -0.39 is 5.41 Å². The van der Waals surface area contributed by atoms with Crippen LogP contribution in [0.25, 0.3) is 0 Å². The zero-order valence-corrected chi connectivity index (χ0v) is 15.1. The summed E-state index contributed by atoms with van der Waals surface area (Å²) in [7, 11) is 1.42. The second-order valence-electron chi connectivity index (χ2n) is 6.39. The van der Waals surface area contributed by atoms with Gasteiger partial charge in [0.25, 0.3) is 0 Å². The van der Waals surface area contributed by atoms with Crippen LogP contribution in [0.5, 0.6) is 0 Å². The van der Waals surface area contributed by atoms with Crippen LogP contribution in [0.3, 0.4) is 0 Å². The van der Waals surface area contributed by atoms with Crippen LogP contribution in [0.15, 0.2) is 47.8 Å². The Morgan fingerprint density at radius 3 is 2.48 bits per heavy atom.